The van der Waals surface area contributed by atoms with Crippen LogP contribution >= 0.6 is 0 Å². The maximum absolute atomic E-state index is 11.9. The topological polar surface area (TPSA) is 56.8 Å². The van der Waals surface area contributed by atoms with Gasteiger partial charge in [0.15, 0.2) is 0 Å². The van der Waals surface area contributed by atoms with E-state index < -0.39 is 6.16 Å². The van der Waals surface area contributed by atoms with Gasteiger partial charge in [-0.25, -0.2) is 4.79 Å². The minimum absolute atomic E-state index is 0.00943. The smallest absolute Gasteiger partial charge is 0.457 e. The Morgan fingerprint density at radius 1 is 1.07 bits per heavy atom. The molecule has 1 heterocycles. The number of carbonyl (C=O) groups is 1. The summed E-state index contributed by atoms with van der Waals surface area (Å²) in [5, 5.41) is 3.78. The van der Waals surface area contributed by atoms with Crippen molar-refractivity contribution in [1.29, 1.82) is 0 Å². The minimum atomic E-state index is -0.609. The molecule has 4 aliphatic rings. The van der Waals surface area contributed by atoms with Crippen LogP contribution in [0.3, 0.4) is 0 Å². The van der Waals surface area contributed by atoms with Crippen LogP contribution in [0.2, 0.25) is 0 Å². The number of nitrogens with one attached hydrogen (secondary N) is 1. The van der Waals surface area contributed by atoms with Gasteiger partial charge in [-0.1, -0.05) is 25.3 Å². The third kappa shape index (κ3) is 3.74. The van der Waals surface area contributed by atoms with Crippen molar-refractivity contribution in [3.63, 3.8) is 0 Å². The molecule has 2 bridgehead atoms. The van der Waals surface area contributed by atoms with E-state index in [2.05, 4.69) is 17.4 Å². The van der Waals surface area contributed by atoms with E-state index in [1.165, 1.54) is 49.7 Å². The zero-order valence-corrected chi connectivity index (χ0v) is 17.3. The van der Waals surface area contributed by atoms with Gasteiger partial charge in [0, 0.05) is 11.5 Å². The molecule has 5 heteroatoms. The van der Waals surface area contributed by atoms with Crippen molar-refractivity contribution >= 4 is 6.16 Å². The van der Waals surface area contributed by atoms with Gasteiger partial charge in [-0.05, 0) is 87.1 Å². The van der Waals surface area contributed by atoms with Gasteiger partial charge in [0.1, 0.15) is 11.9 Å². The third-order valence-electron chi connectivity index (χ3n) is 7.84. The zero-order chi connectivity index (χ0) is 19.7. The van der Waals surface area contributed by atoms with E-state index in [-0.39, 0.29) is 12.9 Å². The number of ether oxygens (including phenoxy) is 3. The standard InChI is InChI=1S/C24H33NO4/c26-23(29-18-6-2-1-3-7-18)28-16-27-19-10-9-17-14-22-20-8-4-5-11-24(20,12-13-25-22)21(17)15-19/h9-10,15,18,20,22,25H,1-8,11-14,16H2/t20-,22+,24+/m1/s1. The van der Waals surface area contributed by atoms with Crippen LogP contribution in [0.4, 0.5) is 4.79 Å². The SMILES string of the molecule is O=C(OCOc1ccc2c(c1)[C@]13CCCC[C@@H]1[C@H](C2)NCC3)OC1CCCCC1. The molecule has 0 amide bonds. The predicted molar refractivity (Wildman–Crippen MR) is 110 cm³/mol. The summed E-state index contributed by atoms with van der Waals surface area (Å²) in [6.45, 7) is 1.02. The molecule has 1 aromatic carbocycles. The Labute approximate surface area is 173 Å². The number of rotatable bonds is 4. The minimum Gasteiger partial charge on any atom is -0.457 e. The van der Waals surface area contributed by atoms with E-state index in [4.69, 9.17) is 14.2 Å². The Bertz CT molecular complexity index is 740. The van der Waals surface area contributed by atoms with Crippen molar-refractivity contribution in [2.75, 3.05) is 13.3 Å². The summed E-state index contributed by atoms with van der Waals surface area (Å²) in [4.78, 5) is 11.9. The van der Waals surface area contributed by atoms with Crippen molar-refractivity contribution in [2.24, 2.45) is 5.92 Å². The predicted octanol–water partition coefficient (Wildman–Crippen LogP) is 4.85. The fraction of sp³-hybridized carbons (Fsp3) is 0.708. The van der Waals surface area contributed by atoms with Crippen molar-refractivity contribution in [3.05, 3.63) is 29.3 Å². The van der Waals surface area contributed by atoms with E-state index in [1.807, 2.05) is 6.07 Å². The molecule has 0 aromatic heterocycles. The second-order valence-corrected chi connectivity index (χ2v) is 9.38. The summed E-state index contributed by atoms with van der Waals surface area (Å²) < 4.78 is 16.4. The van der Waals surface area contributed by atoms with E-state index >= 15 is 0 Å². The van der Waals surface area contributed by atoms with Gasteiger partial charge in [0.05, 0.1) is 0 Å². The number of hydrogen-bond acceptors (Lipinski definition) is 5. The molecular formula is C24H33NO4. The fourth-order valence-electron chi connectivity index (χ4n) is 6.49. The number of fused-ring (bicyclic) bond motifs is 1. The van der Waals surface area contributed by atoms with E-state index in [9.17, 15) is 4.79 Å². The van der Waals surface area contributed by atoms with E-state index in [0.29, 0.717) is 11.5 Å². The molecule has 0 spiro atoms. The monoisotopic (exact) mass is 399 g/mol. The zero-order valence-electron chi connectivity index (χ0n) is 17.3. The summed E-state index contributed by atoms with van der Waals surface area (Å²) in [5.74, 6) is 1.54. The van der Waals surface area contributed by atoms with Gasteiger partial charge < -0.3 is 19.5 Å². The van der Waals surface area contributed by atoms with Gasteiger partial charge in [-0.3, -0.25) is 0 Å². The Balaban J connectivity index is 1.23. The van der Waals surface area contributed by atoms with Crippen LogP contribution in [0.1, 0.15) is 75.3 Å². The Morgan fingerprint density at radius 2 is 1.93 bits per heavy atom. The molecule has 5 rings (SSSR count). The molecule has 1 aliphatic heterocycles. The average molecular weight is 400 g/mol. The number of hydrogen-bond donors (Lipinski definition) is 1. The summed E-state index contributed by atoms with van der Waals surface area (Å²) in [6, 6.07) is 7.09. The second-order valence-electron chi connectivity index (χ2n) is 9.38. The molecule has 158 valence electrons. The van der Waals surface area contributed by atoms with E-state index in [1.54, 1.807) is 0 Å². The molecule has 29 heavy (non-hydrogen) atoms. The summed E-state index contributed by atoms with van der Waals surface area (Å²) in [7, 11) is 0. The molecule has 1 saturated heterocycles. The van der Waals surface area contributed by atoms with Gasteiger partial charge in [0.25, 0.3) is 0 Å². The first-order chi connectivity index (χ1) is 14.2. The molecule has 0 unspecified atom stereocenters. The van der Waals surface area contributed by atoms with Crippen molar-refractivity contribution in [2.45, 2.75) is 88.2 Å². The van der Waals surface area contributed by atoms with Crippen molar-refractivity contribution < 1.29 is 19.0 Å². The lowest BCUT2D eigenvalue weighted by Gasteiger charge is -2.56. The molecule has 0 radical (unpaired) electrons. The third-order valence-corrected chi connectivity index (χ3v) is 7.84. The maximum atomic E-state index is 11.9. The molecule has 3 fully saturated rings. The van der Waals surface area contributed by atoms with Crippen LogP contribution in [0.25, 0.3) is 0 Å². The van der Waals surface area contributed by atoms with Crippen molar-refractivity contribution in [3.8, 4) is 5.75 Å². The summed E-state index contributed by atoms with van der Waals surface area (Å²) in [5.41, 5.74) is 3.26. The number of benzene rings is 1. The van der Waals surface area contributed by atoms with Gasteiger partial charge in [0.2, 0.25) is 6.79 Å². The molecular weight excluding hydrogens is 366 g/mol. The van der Waals surface area contributed by atoms with Crippen LogP contribution in [0.5, 0.6) is 5.75 Å². The molecule has 3 atom stereocenters. The Kier molecular flexibility index (Phi) is 5.42. The first-order valence-corrected chi connectivity index (χ1v) is 11.6. The highest BCUT2D eigenvalue weighted by molar-refractivity contribution is 5.60. The number of piperidine rings is 1. The maximum Gasteiger partial charge on any atom is 0.511 e. The Hall–Kier alpha value is -1.75. The molecule has 1 N–H and O–H groups in total. The van der Waals surface area contributed by atoms with Gasteiger partial charge in [-0.15, -0.1) is 0 Å². The van der Waals surface area contributed by atoms with Gasteiger partial charge >= 0.3 is 6.16 Å². The van der Waals surface area contributed by atoms with Crippen LogP contribution in [0.15, 0.2) is 18.2 Å². The molecule has 2 saturated carbocycles. The highest BCUT2D eigenvalue weighted by Gasteiger charge is 2.51. The first kappa shape index (κ1) is 19.2. The summed E-state index contributed by atoms with van der Waals surface area (Å²) in [6.07, 6.45) is 12.4. The average Bonchev–Trinajstić information content (AvgIpc) is 2.75. The van der Waals surface area contributed by atoms with Gasteiger partial charge in [-0.2, -0.15) is 0 Å². The quantitative estimate of drug-likeness (QED) is 0.579. The largest absolute Gasteiger partial charge is 0.511 e. The molecule has 1 aromatic rings. The van der Waals surface area contributed by atoms with Crippen LogP contribution < -0.4 is 10.1 Å². The lowest BCUT2D eigenvalue weighted by molar-refractivity contribution is -0.0226. The van der Waals surface area contributed by atoms with Crippen molar-refractivity contribution in [1.82, 2.24) is 5.32 Å². The van der Waals surface area contributed by atoms with E-state index in [0.717, 1.165) is 50.3 Å². The lowest BCUT2D eigenvalue weighted by Crippen LogP contribution is -2.59. The highest BCUT2D eigenvalue weighted by atomic mass is 16.8. The normalized spacial score (nSPS) is 31.3. The van der Waals surface area contributed by atoms with Crippen LogP contribution in [0, 0.1) is 5.92 Å². The second kappa shape index (κ2) is 8.17. The Morgan fingerprint density at radius 3 is 2.83 bits per heavy atom. The lowest BCUT2D eigenvalue weighted by atomic mass is 9.53. The fourth-order valence-corrected chi connectivity index (χ4v) is 6.49. The molecule has 3 aliphatic carbocycles. The summed E-state index contributed by atoms with van der Waals surface area (Å²) >= 11 is 0. The number of carbonyl (C=O) groups excluding carboxylic acids is 1. The first-order valence-electron chi connectivity index (χ1n) is 11.6. The highest BCUT2D eigenvalue weighted by Crippen LogP contribution is 2.54. The molecule has 5 nitrogen and oxygen atoms in total. The van der Waals surface area contributed by atoms with Crippen LogP contribution in [-0.2, 0) is 21.3 Å². The van der Waals surface area contributed by atoms with Crippen LogP contribution in [-0.4, -0.2) is 31.6 Å².